The highest BCUT2D eigenvalue weighted by atomic mass is 35.5. The van der Waals surface area contributed by atoms with Gasteiger partial charge in [0.25, 0.3) is 0 Å². The quantitative estimate of drug-likeness (QED) is 0.409. The molecule has 8 heteroatoms. The van der Waals surface area contributed by atoms with Crippen LogP contribution >= 0.6 is 34.7 Å². The number of anilines is 1. The highest BCUT2D eigenvalue weighted by Gasteiger charge is 2.45. The SMILES string of the molecule is N#Cc1ccc(CSc2nnc(NC(=O)C3(c4ccc(Cl)cc4)CCC3)s2)cc1. The molecule has 2 aromatic carbocycles. The summed E-state index contributed by atoms with van der Waals surface area (Å²) in [6.45, 7) is 0. The molecule has 1 aliphatic carbocycles. The van der Waals surface area contributed by atoms with E-state index in [-0.39, 0.29) is 5.91 Å². The Morgan fingerprint density at radius 2 is 1.90 bits per heavy atom. The summed E-state index contributed by atoms with van der Waals surface area (Å²) in [7, 11) is 0. The second-order valence-corrected chi connectivity index (χ2v) is 9.50. The third kappa shape index (κ3) is 4.30. The Hall–Kier alpha value is -2.40. The Morgan fingerprint density at radius 3 is 2.52 bits per heavy atom. The molecule has 146 valence electrons. The minimum Gasteiger partial charge on any atom is -0.300 e. The number of hydrogen-bond donors (Lipinski definition) is 1. The lowest BCUT2D eigenvalue weighted by Gasteiger charge is -2.40. The second-order valence-electron chi connectivity index (χ2n) is 6.87. The topological polar surface area (TPSA) is 78.7 Å². The molecule has 1 fully saturated rings. The normalized spacial score (nSPS) is 14.6. The maximum atomic E-state index is 13.0. The van der Waals surface area contributed by atoms with Crippen LogP contribution in [0.15, 0.2) is 52.9 Å². The van der Waals surface area contributed by atoms with Crippen molar-refractivity contribution < 1.29 is 4.79 Å². The van der Waals surface area contributed by atoms with Crippen molar-refractivity contribution in [2.45, 2.75) is 34.8 Å². The van der Waals surface area contributed by atoms with Crippen molar-refractivity contribution in [3.05, 3.63) is 70.2 Å². The molecule has 1 N–H and O–H groups in total. The van der Waals surface area contributed by atoms with Gasteiger partial charge < -0.3 is 0 Å². The predicted molar refractivity (Wildman–Crippen MR) is 116 cm³/mol. The van der Waals surface area contributed by atoms with E-state index in [4.69, 9.17) is 16.9 Å². The molecule has 0 aliphatic heterocycles. The molecule has 5 nitrogen and oxygen atoms in total. The number of nitriles is 1. The number of nitrogens with one attached hydrogen (secondary N) is 1. The molecule has 1 saturated carbocycles. The molecule has 29 heavy (non-hydrogen) atoms. The molecular weight excluding hydrogens is 424 g/mol. The third-order valence-electron chi connectivity index (χ3n) is 5.11. The molecule has 1 heterocycles. The summed E-state index contributed by atoms with van der Waals surface area (Å²) in [6.07, 6.45) is 2.66. The fourth-order valence-corrected chi connectivity index (χ4v) is 5.13. The van der Waals surface area contributed by atoms with E-state index in [2.05, 4.69) is 21.6 Å². The van der Waals surface area contributed by atoms with Gasteiger partial charge in [-0.15, -0.1) is 10.2 Å². The minimum atomic E-state index is -0.508. The third-order valence-corrected chi connectivity index (χ3v) is 7.41. The van der Waals surface area contributed by atoms with E-state index in [1.165, 1.54) is 11.3 Å². The largest absolute Gasteiger partial charge is 0.300 e. The summed E-state index contributed by atoms with van der Waals surface area (Å²) >= 11 is 8.92. The van der Waals surface area contributed by atoms with Gasteiger partial charge in [-0.05, 0) is 48.2 Å². The lowest BCUT2D eigenvalue weighted by atomic mass is 9.64. The van der Waals surface area contributed by atoms with Crippen LogP contribution in [0.25, 0.3) is 0 Å². The number of amides is 1. The number of nitrogens with zero attached hydrogens (tertiary/aromatic N) is 3. The molecule has 0 bridgehead atoms. The first-order chi connectivity index (χ1) is 14.1. The van der Waals surface area contributed by atoms with Crippen molar-refractivity contribution in [1.29, 1.82) is 5.26 Å². The predicted octanol–water partition coefficient (Wildman–Crippen LogP) is 5.42. The number of halogens is 1. The summed E-state index contributed by atoms with van der Waals surface area (Å²) < 4.78 is 0.791. The molecule has 0 spiro atoms. The van der Waals surface area contributed by atoms with E-state index >= 15 is 0 Å². The molecule has 1 aliphatic rings. The van der Waals surface area contributed by atoms with E-state index in [0.717, 1.165) is 40.5 Å². The zero-order valence-electron chi connectivity index (χ0n) is 15.4. The number of benzene rings is 2. The smallest absolute Gasteiger partial charge is 0.236 e. The molecule has 4 rings (SSSR count). The molecule has 0 saturated heterocycles. The summed E-state index contributed by atoms with van der Waals surface area (Å²) in [5.74, 6) is 0.689. The lowest BCUT2D eigenvalue weighted by Crippen LogP contribution is -2.45. The first-order valence-corrected chi connectivity index (χ1v) is 11.3. The lowest BCUT2D eigenvalue weighted by molar-refractivity contribution is -0.124. The van der Waals surface area contributed by atoms with Gasteiger partial charge in [0, 0.05) is 10.8 Å². The van der Waals surface area contributed by atoms with Gasteiger partial charge in [0.05, 0.1) is 17.0 Å². The van der Waals surface area contributed by atoms with E-state index in [9.17, 15) is 4.79 Å². The average Bonchev–Trinajstić information content (AvgIpc) is 3.14. The van der Waals surface area contributed by atoms with Gasteiger partial charge in [-0.1, -0.05) is 65.4 Å². The van der Waals surface area contributed by atoms with Crippen LogP contribution < -0.4 is 5.32 Å². The Kier molecular flexibility index (Phi) is 5.86. The van der Waals surface area contributed by atoms with Crippen LogP contribution in [0.2, 0.25) is 5.02 Å². The molecule has 0 atom stereocenters. The minimum absolute atomic E-state index is 0.0362. The first-order valence-electron chi connectivity index (χ1n) is 9.12. The number of thioether (sulfide) groups is 1. The Morgan fingerprint density at radius 1 is 1.17 bits per heavy atom. The summed E-state index contributed by atoms with van der Waals surface area (Å²) in [4.78, 5) is 13.0. The van der Waals surface area contributed by atoms with E-state index in [1.54, 1.807) is 23.9 Å². The molecule has 3 aromatic rings. The first kappa shape index (κ1) is 19.9. The van der Waals surface area contributed by atoms with Crippen LogP contribution in [0.1, 0.15) is 36.0 Å². The zero-order valence-corrected chi connectivity index (χ0v) is 17.8. The zero-order chi connectivity index (χ0) is 20.3. The number of hydrogen-bond acceptors (Lipinski definition) is 6. The van der Waals surface area contributed by atoms with Gasteiger partial charge in [0.2, 0.25) is 11.0 Å². The van der Waals surface area contributed by atoms with Crippen molar-refractivity contribution >= 4 is 45.7 Å². The van der Waals surface area contributed by atoms with Crippen LogP contribution in [-0.2, 0) is 16.0 Å². The summed E-state index contributed by atoms with van der Waals surface area (Å²) in [6, 6.07) is 17.1. The Balaban J connectivity index is 1.39. The van der Waals surface area contributed by atoms with Crippen LogP contribution in [0.5, 0.6) is 0 Å². The average molecular weight is 441 g/mol. The van der Waals surface area contributed by atoms with Crippen molar-refractivity contribution in [3.8, 4) is 6.07 Å². The van der Waals surface area contributed by atoms with Gasteiger partial charge >= 0.3 is 0 Å². The number of aromatic nitrogens is 2. The van der Waals surface area contributed by atoms with Crippen molar-refractivity contribution in [2.75, 3.05) is 5.32 Å². The summed E-state index contributed by atoms with van der Waals surface area (Å²) in [5, 5.41) is 21.3. The fourth-order valence-electron chi connectivity index (χ4n) is 3.30. The molecule has 1 amide bonds. The highest BCUT2D eigenvalue weighted by Crippen LogP contribution is 2.45. The van der Waals surface area contributed by atoms with Crippen molar-refractivity contribution in [2.24, 2.45) is 0 Å². The fraction of sp³-hybridized carbons (Fsp3) is 0.238. The molecule has 1 aromatic heterocycles. The van der Waals surface area contributed by atoms with Crippen LogP contribution in [0, 0.1) is 11.3 Å². The van der Waals surface area contributed by atoms with E-state index in [1.807, 2.05) is 36.4 Å². The van der Waals surface area contributed by atoms with E-state index in [0.29, 0.717) is 15.7 Å². The van der Waals surface area contributed by atoms with Crippen LogP contribution in [0.4, 0.5) is 5.13 Å². The maximum absolute atomic E-state index is 13.0. The second kappa shape index (κ2) is 8.54. The standard InChI is InChI=1S/C21H17ClN4OS2/c22-17-8-6-16(7-9-17)21(10-1-11-21)18(27)24-19-25-26-20(29-19)28-13-15-4-2-14(12-23)3-5-15/h2-9H,1,10-11,13H2,(H,24,25,27). The van der Waals surface area contributed by atoms with Crippen molar-refractivity contribution in [1.82, 2.24) is 10.2 Å². The van der Waals surface area contributed by atoms with Crippen LogP contribution in [0.3, 0.4) is 0 Å². The summed E-state index contributed by atoms with van der Waals surface area (Å²) in [5.41, 5.74) is 2.23. The maximum Gasteiger partial charge on any atom is 0.236 e. The van der Waals surface area contributed by atoms with Gasteiger partial charge in [-0.3, -0.25) is 10.1 Å². The molecule has 0 unspecified atom stereocenters. The monoisotopic (exact) mass is 440 g/mol. The van der Waals surface area contributed by atoms with Gasteiger partial charge in [-0.25, -0.2) is 0 Å². The number of rotatable bonds is 6. The van der Waals surface area contributed by atoms with E-state index < -0.39 is 5.41 Å². The Bertz CT molecular complexity index is 1050. The highest BCUT2D eigenvalue weighted by molar-refractivity contribution is 8.00. The van der Waals surface area contributed by atoms with Gasteiger partial charge in [0.1, 0.15) is 0 Å². The Labute approximate surface area is 182 Å². The number of carbonyl (C=O) groups is 1. The number of carbonyl (C=O) groups excluding carboxylic acids is 1. The molecule has 0 radical (unpaired) electrons. The van der Waals surface area contributed by atoms with Gasteiger partial charge in [-0.2, -0.15) is 5.26 Å². The van der Waals surface area contributed by atoms with Gasteiger partial charge in [0.15, 0.2) is 4.34 Å². The van der Waals surface area contributed by atoms with Crippen molar-refractivity contribution in [3.63, 3.8) is 0 Å². The molecular formula is C21H17ClN4OS2. The van der Waals surface area contributed by atoms with Crippen LogP contribution in [-0.4, -0.2) is 16.1 Å².